The average molecular weight is 154 g/mol. The highest BCUT2D eigenvalue weighted by atomic mass is 16.1. The van der Waals surface area contributed by atoms with Gasteiger partial charge in [-0.05, 0) is 19.8 Å². The minimum atomic E-state index is 0.370. The minimum absolute atomic E-state index is 0.370. The molecule has 0 amide bonds. The molecule has 0 aliphatic carbocycles. The first kappa shape index (κ1) is 10.4. The summed E-state index contributed by atoms with van der Waals surface area (Å²) in [5, 5.41) is 0. The summed E-state index contributed by atoms with van der Waals surface area (Å²) >= 11 is 0. The van der Waals surface area contributed by atoms with E-state index in [2.05, 4.69) is 13.0 Å². The Bertz CT molecular complexity index is 145. The summed E-state index contributed by atoms with van der Waals surface area (Å²) in [7, 11) is 0. The van der Waals surface area contributed by atoms with Crippen LogP contribution in [-0.2, 0) is 4.79 Å². The van der Waals surface area contributed by atoms with Crippen molar-refractivity contribution in [3.63, 3.8) is 0 Å². The van der Waals surface area contributed by atoms with Gasteiger partial charge in [0.25, 0.3) is 0 Å². The van der Waals surface area contributed by atoms with Gasteiger partial charge in [-0.3, -0.25) is 4.79 Å². The fourth-order valence-electron chi connectivity index (χ4n) is 1.10. The molecule has 1 heteroatoms. The molecule has 0 atom stereocenters. The van der Waals surface area contributed by atoms with Gasteiger partial charge in [-0.15, -0.1) is 0 Å². The Morgan fingerprint density at radius 1 is 1.36 bits per heavy atom. The van der Waals surface area contributed by atoms with Gasteiger partial charge in [0.2, 0.25) is 0 Å². The molecule has 0 aliphatic rings. The van der Waals surface area contributed by atoms with Gasteiger partial charge < -0.3 is 0 Å². The van der Waals surface area contributed by atoms with Crippen LogP contribution in [0.1, 0.15) is 46.5 Å². The van der Waals surface area contributed by atoms with Crippen LogP contribution >= 0.6 is 0 Å². The summed E-state index contributed by atoms with van der Waals surface area (Å²) < 4.78 is 0. The highest BCUT2D eigenvalue weighted by Crippen LogP contribution is 2.05. The van der Waals surface area contributed by atoms with Crippen molar-refractivity contribution < 1.29 is 4.79 Å². The van der Waals surface area contributed by atoms with E-state index in [1.807, 2.05) is 13.8 Å². The smallest absolute Gasteiger partial charge is 0.136 e. The van der Waals surface area contributed by atoms with Crippen molar-refractivity contribution in [3.05, 3.63) is 11.6 Å². The number of allylic oxidation sites excluding steroid dienone is 2. The number of carbonyl (C=O) groups is 1. The van der Waals surface area contributed by atoms with Crippen LogP contribution in [0.15, 0.2) is 11.6 Å². The van der Waals surface area contributed by atoms with Crippen LogP contribution in [-0.4, -0.2) is 5.78 Å². The Morgan fingerprint density at radius 3 is 2.45 bits per heavy atom. The Kier molecular flexibility index (Phi) is 5.81. The Balaban J connectivity index is 3.66. The summed E-state index contributed by atoms with van der Waals surface area (Å²) in [6.45, 7) is 6.15. The van der Waals surface area contributed by atoms with Crippen molar-refractivity contribution >= 4 is 5.78 Å². The Morgan fingerprint density at radius 2 is 2.00 bits per heavy atom. The van der Waals surface area contributed by atoms with Gasteiger partial charge in [0, 0.05) is 12.8 Å². The lowest BCUT2D eigenvalue weighted by atomic mass is 10.1. The van der Waals surface area contributed by atoms with Crippen molar-refractivity contribution in [2.24, 2.45) is 0 Å². The number of carbonyl (C=O) groups excluding carboxylic acids is 1. The summed E-state index contributed by atoms with van der Waals surface area (Å²) in [6, 6.07) is 0. The summed E-state index contributed by atoms with van der Waals surface area (Å²) in [5.74, 6) is 0.370. The third kappa shape index (κ3) is 5.84. The molecule has 1 nitrogen and oxygen atoms in total. The van der Waals surface area contributed by atoms with Gasteiger partial charge in [-0.25, -0.2) is 0 Å². The lowest BCUT2D eigenvalue weighted by Crippen LogP contribution is -1.96. The van der Waals surface area contributed by atoms with Gasteiger partial charge in [0.15, 0.2) is 0 Å². The predicted molar refractivity (Wildman–Crippen MR) is 48.6 cm³/mol. The fourth-order valence-corrected chi connectivity index (χ4v) is 1.10. The molecule has 0 aromatic rings. The van der Waals surface area contributed by atoms with Gasteiger partial charge in [0.1, 0.15) is 5.78 Å². The molecule has 0 aromatic heterocycles. The van der Waals surface area contributed by atoms with Gasteiger partial charge in [-0.2, -0.15) is 0 Å². The third-order valence-corrected chi connectivity index (χ3v) is 1.56. The average Bonchev–Trinajstić information content (AvgIpc) is 1.87. The summed E-state index contributed by atoms with van der Waals surface area (Å²) in [4.78, 5) is 11.1. The van der Waals surface area contributed by atoms with Crippen LogP contribution in [0.4, 0.5) is 0 Å². The molecule has 0 spiro atoms. The number of hydrogen-bond donors (Lipinski definition) is 0. The van der Waals surface area contributed by atoms with Gasteiger partial charge in [-0.1, -0.05) is 25.5 Å². The summed E-state index contributed by atoms with van der Waals surface area (Å²) in [5.41, 5.74) is 1.21. The van der Waals surface area contributed by atoms with E-state index < -0.39 is 0 Å². The van der Waals surface area contributed by atoms with E-state index in [1.165, 1.54) is 5.57 Å². The van der Waals surface area contributed by atoms with Crippen LogP contribution in [0.25, 0.3) is 0 Å². The molecule has 0 aromatic carbocycles. The maximum atomic E-state index is 11.1. The molecule has 0 N–H and O–H groups in total. The van der Waals surface area contributed by atoms with Crippen molar-refractivity contribution in [1.29, 1.82) is 0 Å². The van der Waals surface area contributed by atoms with Crippen molar-refractivity contribution in [2.75, 3.05) is 0 Å². The van der Waals surface area contributed by atoms with Crippen molar-refractivity contribution in [3.8, 4) is 0 Å². The van der Waals surface area contributed by atoms with Crippen LogP contribution < -0.4 is 0 Å². The standard InChI is InChI=1S/C10H18O/c1-4-6-9(3)8-10(11)7-5-2/h6H,4-5,7-8H2,1-3H3/b9-6-. The Hall–Kier alpha value is -0.590. The highest BCUT2D eigenvalue weighted by molar-refractivity contribution is 5.80. The van der Waals surface area contributed by atoms with E-state index in [1.54, 1.807) is 0 Å². The predicted octanol–water partition coefficient (Wildman–Crippen LogP) is 3.10. The molecule has 0 saturated heterocycles. The van der Waals surface area contributed by atoms with E-state index in [0.29, 0.717) is 12.2 Å². The first-order valence-electron chi connectivity index (χ1n) is 4.38. The van der Waals surface area contributed by atoms with Crippen LogP contribution in [0, 0.1) is 0 Å². The van der Waals surface area contributed by atoms with E-state index in [-0.39, 0.29) is 0 Å². The topological polar surface area (TPSA) is 17.1 Å². The molecule has 11 heavy (non-hydrogen) atoms. The number of ketones is 1. The number of hydrogen-bond acceptors (Lipinski definition) is 1. The quantitative estimate of drug-likeness (QED) is 0.556. The van der Waals surface area contributed by atoms with Gasteiger partial charge >= 0.3 is 0 Å². The van der Waals surface area contributed by atoms with E-state index >= 15 is 0 Å². The minimum Gasteiger partial charge on any atom is -0.299 e. The molecular formula is C10H18O. The monoisotopic (exact) mass is 154 g/mol. The second-order valence-electron chi connectivity index (χ2n) is 2.92. The van der Waals surface area contributed by atoms with Crippen molar-refractivity contribution in [1.82, 2.24) is 0 Å². The maximum absolute atomic E-state index is 11.1. The zero-order valence-corrected chi connectivity index (χ0v) is 7.81. The lowest BCUT2D eigenvalue weighted by Gasteiger charge is -1.98. The third-order valence-electron chi connectivity index (χ3n) is 1.56. The normalized spacial score (nSPS) is 11.7. The molecule has 0 radical (unpaired) electrons. The largest absolute Gasteiger partial charge is 0.299 e. The molecule has 0 bridgehead atoms. The molecule has 0 rings (SSSR count). The fraction of sp³-hybridized carbons (Fsp3) is 0.700. The second kappa shape index (κ2) is 6.14. The molecule has 0 aliphatic heterocycles. The maximum Gasteiger partial charge on any atom is 0.136 e. The first-order chi connectivity index (χ1) is 5.20. The number of Topliss-reactive ketones (excluding diaryl/α,β-unsaturated/α-hetero) is 1. The molecule has 0 fully saturated rings. The van der Waals surface area contributed by atoms with E-state index in [9.17, 15) is 4.79 Å². The van der Waals surface area contributed by atoms with Gasteiger partial charge in [0.05, 0.1) is 0 Å². The van der Waals surface area contributed by atoms with E-state index in [0.717, 1.165) is 19.3 Å². The van der Waals surface area contributed by atoms with E-state index in [4.69, 9.17) is 0 Å². The van der Waals surface area contributed by atoms with Crippen LogP contribution in [0.5, 0.6) is 0 Å². The second-order valence-corrected chi connectivity index (χ2v) is 2.92. The molecule has 0 saturated carbocycles. The zero-order valence-electron chi connectivity index (χ0n) is 7.81. The molecule has 0 unspecified atom stereocenters. The summed E-state index contributed by atoms with van der Waals surface area (Å²) in [6.07, 6.45) is 5.51. The highest BCUT2D eigenvalue weighted by Gasteiger charge is 1.99. The first-order valence-corrected chi connectivity index (χ1v) is 4.38. The molecule has 64 valence electrons. The SMILES string of the molecule is CC/C=C(/C)CC(=O)CCC. The van der Waals surface area contributed by atoms with Crippen LogP contribution in [0.3, 0.4) is 0 Å². The lowest BCUT2D eigenvalue weighted by molar-refractivity contribution is -0.118. The Labute approximate surface area is 69.5 Å². The van der Waals surface area contributed by atoms with Crippen LogP contribution in [0.2, 0.25) is 0 Å². The molecule has 0 heterocycles. The van der Waals surface area contributed by atoms with Crippen molar-refractivity contribution in [2.45, 2.75) is 46.5 Å². The number of rotatable bonds is 5. The zero-order chi connectivity index (χ0) is 8.69. The molecular weight excluding hydrogens is 136 g/mol.